The third kappa shape index (κ3) is 4.21. The number of carbonyl (C=O) groups is 1. The van der Waals surface area contributed by atoms with Gasteiger partial charge in [0.15, 0.2) is 0 Å². The van der Waals surface area contributed by atoms with E-state index in [1.807, 2.05) is 30.3 Å². The molecule has 6 heteroatoms. The van der Waals surface area contributed by atoms with Gasteiger partial charge >= 0.3 is 11.8 Å². The first-order valence-corrected chi connectivity index (χ1v) is 6.17. The smallest absolute Gasteiger partial charge is 0.413 e. The van der Waals surface area contributed by atoms with Crippen LogP contribution in [0.15, 0.2) is 47.4 Å². The molecule has 1 N–H and O–H groups in total. The Morgan fingerprint density at radius 2 is 2.10 bits per heavy atom. The lowest BCUT2D eigenvalue weighted by atomic mass is 10.2. The highest BCUT2D eigenvalue weighted by Crippen LogP contribution is 2.03. The lowest BCUT2D eigenvalue weighted by Gasteiger charge is -2.07. The minimum Gasteiger partial charge on any atom is -0.444 e. The Balaban J connectivity index is 1.92. The van der Waals surface area contributed by atoms with Crippen molar-refractivity contribution >= 4 is 11.9 Å². The number of amides is 1. The van der Waals surface area contributed by atoms with Crippen LogP contribution in [0.4, 0.5) is 10.6 Å². The summed E-state index contributed by atoms with van der Waals surface area (Å²) in [4.78, 5) is 26.8. The number of rotatable bonds is 4. The van der Waals surface area contributed by atoms with Crippen molar-refractivity contribution in [2.24, 2.45) is 0 Å². The Bertz CT molecular complexity index is 717. The van der Waals surface area contributed by atoms with Gasteiger partial charge in [0.2, 0.25) is 0 Å². The summed E-state index contributed by atoms with van der Waals surface area (Å²) in [5, 5.41) is 2.39. The molecule has 0 bridgehead atoms. The van der Waals surface area contributed by atoms with Gasteiger partial charge in [-0.15, -0.1) is 6.42 Å². The van der Waals surface area contributed by atoms with Crippen molar-refractivity contribution < 1.29 is 9.53 Å². The molecule has 2 rings (SSSR count). The molecule has 1 aromatic heterocycles. The molecule has 1 amide bonds. The third-order valence-corrected chi connectivity index (χ3v) is 2.58. The Kier molecular flexibility index (Phi) is 4.72. The second kappa shape index (κ2) is 6.91. The van der Waals surface area contributed by atoms with Crippen LogP contribution < -0.4 is 11.0 Å². The van der Waals surface area contributed by atoms with Crippen molar-refractivity contribution in [3.63, 3.8) is 0 Å². The van der Waals surface area contributed by atoms with Crippen molar-refractivity contribution in [1.29, 1.82) is 0 Å². The summed E-state index contributed by atoms with van der Waals surface area (Å²) >= 11 is 0. The van der Waals surface area contributed by atoms with E-state index >= 15 is 0 Å². The highest BCUT2D eigenvalue weighted by molar-refractivity contribution is 5.83. The predicted molar refractivity (Wildman–Crippen MR) is 77.6 cm³/mol. The van der Waals surface area contributed by atoms with Gasteiger partial charge in [0.1, 0.15) is 12.4 Å². The Morgan fingerprint density at radius 1 is 1.33 bits per heavy atom. The maximum atomic E-state index is 11.6. The maximum absolute atomic E-state index is 11.6. The summed E-state index contributed by atoms with van der Waals surface area (Å²) in [6.45, 7) is 0.269. The third-order valence-electron chi connectivity index (χ3n) is 2.58. The monoisotopic (exact) mass is 283 g/mol. The number of nitrogens with one attached hydrogen (secondary N) is 1. The van der Waals surface area contributed by atoms with Crippen LogP contribution in [0.1, 0.15) is 5.56 Å². The second-order valence-electron chi connectivity index (χ2n) is 4.11. The Morgan fingerprint density at radius 3 is 2.76 bits per heavy atom. The number of benzene rings is 1. The molecular formula is C15H13N3O3. The molecule has 0 aliphatic heterocycles. The molecule has 0 fully saturated rings. The quantitative estimate of drug-likeness (QED) is 0.865. The van der Waals surface area contributed by atoms with E-state index in [9.17, 15) is 9.59 Å². The number of carbonyl (C=O) groups excluding carboxylic acids is 1. The first-order valence-electron chi connectivity index (χ1n) is 6.17. The van der Waals surface area contributed by atoms with E-state index in [-0.39, 0.29) is 19.0 Å². The number of terminal acetylenes is 1. The second-order valence-corrected chi connectivity index (χ2v) is 4.11. The van der Waals surface area contributed by atoms with Crippen molar-refractivity contribution in [3.8, 4) is 12.3 Å². The fraction of sp³-hybridized carbons (Fsp3) is 0.133. The van der Waals surface area contributed by atoms with Crippen molar-refractivity contribution in [2.75, 3.05) is 5.32 Å². The van der Waals surface area contributed by atoms with Crippen molar-refractivity contribution in [2.45, 2.75) is 13.2 Å². The Hall–Kier alpha value is -3.07. The normalized spacial score (nSPS) is 9.67. The van der Waals surface area contributed by atoms with Gasteiger partial charge in [-0.25, -0.2) is 9.59 Å². The summed E-state index contributed by atoms with van der Waals surface area (Å²) in [5.74, 6) is 2.45. The molecule has 106 valence electrons. The van der Waals surface area contributed by atoms with E-state index in [0.29, 0.717) is 0 Å². The average molecular weight is 283 g/mol. The molecule has 2 aromatic rings. The lowest BCUT2D eigenvalue weighted by Crippen LogP contribution is -2.24. The minimum absolute atomic E-state index is 0.117. The molecule has 0 atom stereocenters. The number of ether oxygens (including phenoxy) is 1. The van der Waals surface area contributed by atoms with Gasteiger partial charge < -0.3 is 4.74 Å². The molecule has 1 heterocycles. The molecule has 1 aromatic carbocycles. The van der Waals surface area contributed by atoms with E-state index in [2.05, 4.69) is 16.2 Å². The van der Waals surface area contributed by atoms with E-state index in [4.69, 9.17) is 11.2 Å². The van der Waals surface area contributed by atoms with Crippen LogP contribution in [-0.2, 0) is 17.9 Å². The molecule has 0 radical (unpaired) electrons. The van der Waals surface area contributed by atoms with Crippen LogP contribution in [-0.4, -0.2) is 15.6 Å². The molecular weight excluding hydrogens is 270 g/mol. The zero-order valence-electron chi connectivity index (χ0n) is 11.2. The molecule has 0 spiro atoms. The average Bonchev–Trinajstić information content (AvgIpc) is 2.49. The molecule has 21 heavy (non-hydrogen) atoms. The molecule has 0 aliphatic rings. The van der Waals surface area contributed by atoms with Gasteiger partial charge in [-0.1, -0.05) is 36.3 Å². The number of anilines is 1. The number of hydrogen-bond donors (Lipinski definition) is 1. The van der Waals surface area contributed by atoms with Crippen LogP contribution >= 0.6 is 0 Å². The molecule has 0 aliphatic carbocycles. The Labute approximate surface area is 121 Å². The van der Waals surface area contributed by atoms with E-state index < -0.39 is 11.8 Å². The number of nitrogens with zero attached hydrogens (tertiary/aromatic N) is 2. The highest BCUT2D eigenvalue weighted by Gasteiger charge is 2.06. The van der Waals surface area contributed by atoms with Crippen LogP contribution in [0.3, 0.4) is 0 Å². The van der Waals surface area contributed by atoms with E-state index in [1.165, 1.54) is 16.8 Å². The molecule has 0 unspecified atom stereocenters. The van der Waals surface area contributed by atoms with Gasteiger partial charge in [-0.05, 0) is 11.6 Å². The summed E-state index contributed by atoms with van der Waals surface area (Å²) in [5.41, 5.74) is 0.332. The topological polar surface area (TPSA) is 73.2 Å². The van der Waals surface area contributed by atoms with Crippen LogP contribution in [0.5, 0.6) is 0 Å². The van der Waals surface area contributed by atoms with Crippen molar-refractivity contribution in [1.82, 2.24) is 9.55 Å². The van der Waals surface area contributed by atoms with E-state index in [1.54, 1.807) is 0 Å². The SMILES string of the molecule is C#CCn1ccc(NC(=O)OCc2ccccc2)nc1=O. The lowest BCUT2D eigenvalue weighted by molar-refractivity contribution is 0.155. The zero-order valence-corrected chi connectivity index (χ0v) is 11.2. The summed E-state index contributed by atoms with van der Waals surface area (Å²) < 4.78 is 6.27. The van der Waals surface area contributed by atoms with Crippen molar-refractivity contribution in [3.05, 3.63) is 58.6 Å². The minimum atomic E-state index is -0.680. The van der Waals surface area contributed by atoms with Crippen LogP contribution in [0.25, 0.3) is 0 Å². The summed E-state index contributed by atoms with van der Waals surface area (Å²) in [6, 6.07) is 10.7. The molecule has 0 saturated heterocycles. The first kappa shape index (κ1) is 14.3. The predicted octanol–water partition coefficient (Wildman–Crippen LogP) is 1.63. The zero-order chi connectivity index (χ0) is 15.1. The summed E-state index contributed by atoms with van der Waals surface area (Å²) in [6.07, 6.45) is 5.90. The number of hydrogen-bond acceptors (Lipinski definition) is 4. The standard InChI is InChI=1S/C15H13N3O3/c1-2-9-18-10-8-13(16-14(18)19)17-15(20)21-11-12-6-4-3-5-7-12/h1,3-8,10H,9,11H2,(H,16,17,19,20). The number of aromatic nitrogens is 2. The fourth-order valence-corrected chi connectivity index (χ4v) is 1.58. The van der Waals surface area contributed by atoms with E-state index in [0.717, 1.165) is 5.56 Å². The van der Waals surface area contributed by atoms with Crippen LogP contribution in [0.2, 0.25) is 0 Å². The van der Waals surface area contributed by atoms with Gasteiger partial charge in [-0.2, -0.15) is 4.98 Å². The van der Waals surface area contributed by atoms with Crippen LogP contribution in [0, 0.1) is 12.3 Å². The largest absolute Gasteiger partial charge is 0.444 e. The highest BCUT2D eigenvalue weighted by atomic mass is 16.5. The first-order chi connectivity index (χ1) is 10.2. The van der Waals surface area contributed by atoms with Gasteiger partial charge in [0, 0.05) is 6.20 Å². The fourth-order valence-electron chi connectivity index (χ4n) is 1.58. The summed E-state index contributed by atoms with van der Waals surface area (Å²) in [7, 11) is 0. The van der Waals surface area contributed by atoms with Gasteiger partial charge in [-0.3, -0.25) is 9.88 Å². The molecule has 6 nitrogen and oxygen atoms in total. The van der Waals surface area contributed by atoms with Gasteiger partial charge in [0.25, 0.3) is 0 Å². The molecule has 0 saturated carbocycles. The van der Waals surface area contributed by atoms with Gasteiger partial charge in [0.05, 0.1) is 6.54 Å². The maximum Gasteiger partial charge on any atom is 0.413 e.